The summed E-state index contributed by atoms with van der Waals surface area (Å²) in [6, 6.07) is -0.138. The quantitative estimate of drug-likeness (QED) is 0.876. The van der Waals surface area contributed by atoms with Crippen LogP contribution in [0.5, 0.6) is 0 Å². The van der Waals surface area contributed by atoms with E-state index >= 15 is 0 Å². The van der Waals surface area contributed by atoms with E-state index in [4.69, 9.17) is 5.11 Å². The number of urea groups is 1. The van der Waals surface area contributed by atoms with E-state index in [1.54, 1.807) is 4.90 Å². The summed E-state index contributed by atoms with van der Waals surface area (Å²) in [5.41, 5.74) is 0.956. The van der Waals surface area contributed by atoms with Crippen LogP contribution in [0, 0.1) is 12.8 Å². The highest BCUT2D eigenvalue weighted by Gasteiger charge is 2.27. The van der Waals surface area contributed by atoms with E-state index < -0.39 is 5.97 Å². The highest BCUT2D eigenvalue weighted by molar-refractivity contribution is 7.09. The fourth-order valence-corrected chi connectivity index (χ4v) is 2.89. The first-order chi connectivity index (χ1) is 9.04. The maximum absolute atomic E-state index is 11.9. The Hall–Kier alpha value is -1.63. The third-order valence-corrected chi connectivity index (χ3v) is 4.06. The van der Waals surface area contributed by atoms with Crippen molar-refractivity contribution >= 4 is 23.3 Å². The molecule has 6 nitrogen and oxygen atoms in total. The van der Waals surface area contributed by atoms with Crippen molar-refractivity contribution in [2.45, 2.75) is 26.3 Å². The number of hydrogen-bond acceptors (Lipinski definition) is 4. The molecule has 1 aliphatic rings. The monoisotopic (exact) mass is 283 g/mol. The van der Waals surface area contributed by atoms with Crippen molar-refractivity contribution in [1.82, 2.24) is 15.2 Å². The van der Waals surface area contributed by atoms with Gasteiger partial charge in [0.1, 0.15) is 5.01 Å². The standard InChI is InChI=1S/C12H17N3O3S/c1-8-7-19-10(14-8)5-13-12(18)15-3-2-9(6-15)4-11(16)17/h7,9H,2-6H2,1H3,(H,13,18)(H,16,17). The third kappa shape index (κ3) is 3.92. The van der Waals surface area contributed by atoms with Crippen LogP contribution in [0.3, 0.4) is 0 Å². The van der Waals surface area contributed by atoms with Crippen molar-refractivity contribution in [3.05, 3.63) is 16.1 Å². The molecule has 104 valence electrons. The number of aryl methyl sites for hydroxylation is 1. The lowest BCUT2D eigenvalue weighted by atomic mass is 10.1. The van der Waals surface area contributed by atoms with Crippen molar-refractivity contribution in [1.29, 1.82) is 0 Å². The van der Waals surface area contributed by atoms with E-state index in [1.807, 2.05) is 12.3 Å². The molecule has 0 radical (unpaired) electrons. The average Bonchev–Trinajstić information content (AvgIpc) is 2.95. The van der Waals surface area contributed by atoms with Crippen LogP contribution in [0.1, 0.15) is 23.5 Å². The molecule has 1 saturated heterocycles. The average molecular weight is 283 g/mol. The number of thiazole rings is 1. The summed E-state index contributed by atoms with van der Waals surface area (Å²) in [6.07, 6.45) is 0.894. The largest absolute Gasteiger partial charge is 0.481 e. The molecule has 0 saturated carbocycles. The van der Waals surface area contributed by atoms with E-state index in [0.29, 0.717) is 19.6 Å². The lowest BCUT2D eigenvalue weighted by Gasteiger charge is -2.16. The Morgan fingerprint density at radius 2 is 2.42 bits per heavy atom. The molecule has 1 aromatic rings. The SMILES string of the molecule is Cc1csc(CNC(=O)N2CCC(CC(=O)O)C2)n1. The Bertz CT molecular complexity index is 475. The van der Waals surface area contributed by atoms with Gasteiger partial charge in [0.05, 0.1) is 6.54 Å². The van der Waals surface area contributed by atoms with Crippen LogP contribution in [-0.2, 0) is 11.3 Å². The summed E-state index contributed by atoms with van der Waals surface area (Å²) >= 11 is 1.52. The van der Waals surface area contributed by atoms with Gasteiger partial charge < -0.3 is 15.3 Å². The van der Waals surface area contributed by atoms with Gasteiger partial charge in [0.2, 0.25) is 0 Å². The molecule has 0 bridgehead atoms. The fourth-order valence-electron chi connectivity index (χ4n) is 2.18. The Labute approximate surface area is 115 Å². The van der Waals surface area contributed by atoms with Gasteiger partial charge in [0.25, 0.3) is 0 Å². The predicted octanol–water partition coefficient (Wildman–Crippen LogP) is 1.46. The number of carbonyl (C=O) groups is 2. The van der Waals surface area contributed by atoms with E-state index in [2.05, 4.69) is 10.3 Å². The smallest absolute Gasteiger partial charge is 0.317 e. The number of amides is 2. The molecule has 2 heterocycles. The number of aliphatic carboxylic acids is 1. The molecule has 7 heteroatoms. The molecule has 2 amide bonds. The van der Waals surface area contributed by atoms with Crippen LogP contribution in [0.2, 0.25) is 0 Å². The molecule has 2 N–H and O–H groups in total. The molecule has 2 rings (SSSR count). The predicted molar refractivity (Wildman–Crippen MR) is 71.0 cm³/mol. The van der Waals surface area contributed by atoms with Gasteiger partial charge in [-0.15, -0.1) is 11.3 Å². The zero-order valence-electron chi connectivity index (χ0n) is 10.8. The number of nitrogens with one attached hydrogen (secondary N) is 1. The number of carbonyl (C=O) groups excluding carboxylic acids is 1. The molecule has 1 aliphatic heterocycles. The van der Waals surface area contributed by atoms with Gasteiger partial charge in [-0.05, 0) is 19.3 Å². The van der Waals surface area contributed by atoms with E-state index in [-0.39, 0.29) is 18.4 Å². The number of aromatic nitrogens is 1. The minimum Gasteiger partial charge on any atom is -0.481 e. The Kier molecular flexibility index (Phi) is 4.36. The lowest BCUT2D eigenvalue weighted by molar-refractivity contribution is -0.138. The molecular formula is C12H17N3O3S. The highest BCUT2D eigenvalue weighted by Crippen LogP contribution is 2.19. The number of carboxylic acids is 1. The van der Waals surface area contributed by atoms with Crippen molar-refractivity contribution < 1.29 is 14.7 Å². The summed E-state index contributed by atoms with van der Waals surface area (Å²) in [4.78, 5) is 28.5. The van der Waals surface area contributed by atoms with Gasteiger partial charge in [-0.3, -0.25) is 4.79 Å². The summed E-state index contributed by atoms with van der Waals surface area (Å²) in [5, 5.41) is 14.4. The number of nitrogens with zero attached hydrogens (tertiary/aromatic N) is 2. The number of hydrogen-bond donors (Lipinski definition) is 2. The van der Waals surface area contributed by atoms with Crippen molar-refractivity contribution in [3.8, 4) is 0 Å². The van der Waals surface area contributed by atoms with Crippen LogP contribution in [0.15, 0.2) is 5.38 Å². The van der Waals surface area contributed by atoms with Gasteiger partial charge in [-0.2, -0.15) is 0 Å². The van der Waals surface area contributed by atoms with Crippen molar-refractivity contribution in [3.63, 3.8) is 0 Å². The molecule has 1 unspecified atom stereocenters. The van der Waals surface area contributed by atoms with E-state index in [1.165, 1.54) is 11.3 Å². The van der Waals surface area contributed by atoms with Crippen LogP contribution >= 0.6 is 11.3 Å². The number of carboxylic acid groups (broad SMARTS) is 1. The van der Waals surface area contributed by atoms with Crippen LogP contribution in [-0.4, -0.2) is 40.1 Å². The Morgan fingerprint density at radius 3 is 3.05 bits per heavy atom. The van der Waals surface area contributed by atoms with Crippen LogP contribution < -0.4 is 5.32 Å². The van der Waals surface area contributed by atoms with Gasteiger partial charge in [0, 0.05) is 30.6 Å². The minimum atomic E-state index is -0.800. The summed E-state index contributed by atoms with van der Waals surface area (Å²) in [5.74, 6) is -0.726. The Morgan fingerprint density at radius 1 is 1.63 bits per heavy atom. The third-order valence-electron chi connectivity index (χ3n) is 3.09. The first-order valence-electron chi connectivity index (χ1n) is 6.20. The van der Waals surface area contributed by atoms with E-state index in [0.717, 1.165) is 17.1 Å². The molecule has 1 fully saturated rings. The van der Waals surface area contributed by atoms with Crippen LogP contribution in [0.25, 0.3) is 0 Å². The molecule has 1 atom stereocenters. The zero-order valence-corrected chi connectivity index (χ0v) is 11.6. The van der Waals surface area contributed by atoms with E-state index in [9.17, 15) is 9.59 Å². The van der Waals surface area contributed by atoms with Crippen molar-refractivity contribution in [2.75, 3.05) is 13.1 Å². The van der Waals surface area contributed by atoms with Gasteiger partial charge in [0.15, 0.2) is 0 Å². The zero-order chi connectivity index (χ0) is 13.8. The van der Waals surface area contributed by atoms with Gasteiger partial charge in [-0.25, -0.2) is 9.78 Å². The second kappa shape index (κ2) is 6.01. The molecule has 0 aromatic carbocycles. The summed E-state index contributed by atoms with van der Waals surface area (Å²) in [7, 11) is 0. The maximum Gasteiger partial charge on any atom is 0.317 e. The van der Waals surface area contributed by atoms with Gasteiger partial charge >= 0.3 is 12.0 Å². The van der Waals surface area contributed by atoms with Crippen LogP contribution in [0.4, 0.5) is 4.79 Å². The van der Waals surface area contributed by atoms with Gasteiger partial charge in [-0.1, -0.05) is 0 Å². The van der Waals surface area contributed by atoms with Crippen molar-refractivity contribution in [2.24, 2.45) is 5.92 Å². The molecule has 0 aliphatic carbocycles. The minimum absolute atomic E-state index is 0.0744. The fraction of sp³-hybridized carbons (Fsp3) is 0.583. The molecular weight excluding hydrogens is 266 g/mol. The topological polar surface area (TPSA) is 82.5 Å². The molecule has 1 aromatic heterocycles. The first kappa shape index (κ1) is 13.8. The summed E-state index contributed by atoms with van der Waals surface area (Å²) < 4.78 is 0. The number of likely N-dealkylation sites (tertiary alicyclic amines) is 1. The second-order valence-corrected chi connectivity index (χ2v) is 5.68. The normalized spacial score (nSPS) is 18.6. The molecule has 19 heavy (non-hydrogen) atoms. The lowest BCUT2D eigenvalue weighted by Crippen LogP contribution is -2.38. The maximum atomic E-state index is 11.9. The highest BCUT2D eigenvalue weighted by atomic mass is 32.1. The Balaban J connectivity index is 1.76. The number of rotatable bonds is 4. The molecule has 0 spiro atoms. The first-order valence-corrected chi connectivity index (χ1v) is 7.08. The second-order valence-electron chi connectivity index (χ2n) is 4.74. The summed E-state index contributed by atoms with van der Waals surface area (Å²) in [6.45, 7) is 3.49.